The molecule has 4 nitrogen and oxygen atoms in total. The van der Waals surface area contributed by atoms with Crippen molar-refractivity contribution in [3.63, 3.8) is 0 Å². The van der Waals surface area contributed by atoms with Crippen molar-refractivity contribution in [1.82, 2.24) is 15.1 Å². The number of aryl methyl sites for hydroxylation is 1. The van der Waals surface area contributed by atoms with E-state index in [1.54, 1.807) is 0 Å². The number of rotatable bonds is 3. The van der Waals surface area contributed by atoms with Crippen LogP contribution in [-0.4, -0.2) is 27.5 Å². The first-order chi connectivity index (χ1) is 9.68. The van der Waals surface area contributed by atoms with Gasteiger partial charge in [-0.1, -0.05) is 18.2 Å². The summed E-state index contributed by atoms with van der Waals surface area (Å²) in [6.45, 7) is 4.99. The molecule has 2 aromatic rings. The van der Waals surface area contributed by atoms with Crippen molar-refractivity contribution in [1.29, 1.82) is 0 Å². The van der Waals surface area contributed by atoms with E-state index in [1.807, 2.05) is 48.9 Å². The Hall–Kier alpha value is -1.65. The maximum Gasteiger partial charge on any atom is 0.0978 e. The number of aliphatic hydroxyl groups is 1. The van der Waals surface area contributed by atoms with E-state index >= 15 is 0 Å². The predicted octanol–water partition coefficient (Wildman–Crippen LogP) is 2.27. The highest BCUT2D eigenvalue weighted by Gasteiger charge is 2.28. The minimum absolute atomic E-state index is 0.154. The van der Waals surface area contributed by atoms with Gasteiger partial charge in [0.15, 0.2) is 0 Å². The van der Waals surface area contributed by atoms with Crippen LogP contribution in [0.4, 0.5) is 0 Å². The molecule has 2 N–H and O–H groups in total. The summed E-state index contributed by atoms with van der Waals surface area (Å²) in [6.07, 6.45) is 1.68. The molecule has 0 amide bonds. The molecule has 0 spiro atoms. The summed E-state index contributed by atoms with van der Waals surface area (Å²) in [5.74, 6) is 0. The Labute approximate surface area is 119 Å². The van der Waals surface area contributed by atoms with Crippen LogP contribution >= 0.6 is 0 Å². The molecule has 106 valence electrons. The number of hydrogen-bond acceptors (Lipinski definition) is 3. The van der Waals surface area contributed by atoms with Gasteiger partial charge in [0.1, 0.15) is 0 Å². The summed E-state index contributed by atoms with van der Waals surface area (Å²) < 4.78 is 1.92. The molecule has 2 heterocycles. The molecule has 3 rings (SSSR count). The maximum atomic E-state index is 10.6. The van der Waals surface area contributed by atoms with Gasteiger partial charge in [-0.25, -0.2) is 4.68 Å². The second-order valence-electron chi connectivity index (χ2n) is 5.48. The largest absolute Gasteiger partial charge is 0.387 e. The number of para-hydroxylation sites is 1. The Morgan fingerprint density at radius 1 is 1.30 bits per heavy atom. The number of aliphatic hydroxyl groups excluding tert-OH is 1. The van der Waals surface area contributed by atoms with Crippen molar-refractivity contribution < 1.29 is 5.11 Å². The lowest BCUT2D eigenvalue weighted by Gasteiger charge is -2.19. The zero-order chi connectivity index (χ0) is 14.1. The van der Waals surface area contributed by atoms with E-state index in [-0.39, 0.29) is 6.04 Å². The van der Waals surface area contributed by atoms with Gasteiger partial charge in [0.2, 0.25) is 0 Å². The lowest BCUT2D eigenvalue weighted by atomic mass is 9.99. The molecule has 1 fully saturated rings. The van der Waals surface area contributed by atoms with Crippen LogP contribution in [0.15, 0.2) is 30.3 Å². The van der Waals surface area contributed by atoms with Crippen molar-refractivity contribution in [2.75, 3.05) is 6.54 Å². The Morgan fingerprint density at radius 2 is 2.05 bits per heavy atom. The van der Waals surface area contributed by atoms with Crippen LogP contribution in [0.1, 0.15) is 35.9 Å². The molecule has 1 aliphatic rings. The van der Waals surface area contributed by atoms with Gasteiger partial charge >= 0.3 is 0 Å². The van der Waals surface area contributed by atoms with E-state index in [9.17, 15) is 5.11 Å². The van der Waals surface area contributed by atoms with E-state index < -0.39 is 6.10 Å². The highest BCUT2D eigenvalue weighted by atomic mass is 16.3. The Kier molecular flexibility index (Phi) is 3.59. The van der Waals surface area contributed by atoms with Crippen LogP contribution in [0, 0.1) is 13.8 Å². The Bertz CT molecular complexity index is 585. The molecule has 1 saturated heterocycles. The summed E-state index contributed by atoms with van der Waals surface area (Å²) in [7, 11) is 0. The summed E-state index contributed by atoms with van der Waals surface area (Å²) in [4.78, 5) is 0. The average molecular weight is 271 g/mol. The maximum absolute atomic E-state index is 10.6. The van der Waals surface area contributed by atoms with Crippen molar-refractivity contribution in [3.8, 4) is 5.69 Å². The standard InChI is InChI=1S/C16H21N3O/c1-11-15(16(20)14-9-6-10-17-14)12(2)19(18-11)13-7-4-3-5-8-13/h3-5,7-8,14,16-17,20H,6,9-10H2,1-2H3. The van der Waals surface area contributed by atoms with Crippen molar-refractivity contribution in [2.45, 2.75) is 38.8 Å². The molecule has 2 unspecified atom stereocenters. The van der Waals surface area contributed by atoms with Crippen molar-refractivity contribution >= 4 is 0 Å². The number of aromatic nitrogens is 2. The Balaban J connectivity index is 1.98. The van der Waals surface area contributed by atoms with Crippen LogP contribution < -0.4 is 5.32 Å². The molecular weight excluding hydrogens is 250 g/mol. The number of nitrogens with zero attached hydrogens (tertiary/aromatic N) is 2. The van der Waals surface area contributed by atoms with E-state index in [1.165, 1.54) is 0 Å². The molecule has 0 aliphatic carbocycles. The minimum Gasteiger partial charge on any atom is -0.387 e. The SMILES string of the molecule is Cc1nn(-c2ccccc2)c(C)c1C(O)C1CCCN1. The summed E-state index contributed by atoms with van der Waals surface area (Å²) in [6, 6.07) is 10.2. The quantitative estimate of drug-likeness (QED) is 0.900. The van der Waals surface area contributed by atoms with Gasteiger partial charge in [-0.3, -0.25) is 0 Å². The highest BCUT2D eigenvalue weighted by molar-refractivity contribution is 5.38. The first kappa shape index (κ1) is 13.3. The lowest BCUT2D eigenvalue weighted by Crippen LogP contribution is -2.29. The molecule has 0 bridgehead atoms. The lowest BCUT2D eigenvalue weighted by molar-refractivity contribution is 0.136. The van der Waals surface area contributed by atoms with Gasteiger partial charge in [-0.05, 0) is 45.4 Å². The second kappa shape index (κ2) is 5.38. The first-order valence-corrected chi connectivity index (χ1v) is 7.21. The van der Waals surface area contributed by atoms with Crippen LogP contribution in [0.2, 0.25) is 0 Å². The third-order valence-corrected chi connectivity index (χ3v) is 4.12. The average Bonchev–Trinajstić information content (AvgIpc) is 3.08. The predicted molar refractivity (Wildman–Crippen MR) is 79.0 cm³/mol. The molecule has 20 heavy (non-hydrogen) atoms. The summed E-state index contributed by atoms with van der Waals surface area (Å²) in [5.41, 5.74) is 3.93. The number of benzene rings is 1. The summed E-state index contributed by atoms with van der Waals surface area (Å²) >= 11 is 0. The van der Waals surface area contributed by atoms with Crippen molar-refractivity contribution in [2.24, 2.45) is 0 Å². The van der Waals surface area contributed by atoms with Gasteiger partial charge < -0.3 is 10.4 Å². The second-order valence-corrected chi connectivity index (χ2v) is 5.48. The van der Waals surface area contributed by atoms with Crippen molar-refractivity contribution in [3.05, 3.63) is 47.3 Å². The van der Waals surface area contributed by atoms with Crippen LogP contribution in [0.5, 0.6) is 0 Å². The topological polar surface area (TPSA) is 50.1 Å². The first-order valence-electron chi connectivity index (χ1n) is 7.21. The van der Waals surface area contributed by atoms with Gasteiger partial charge in [0, 0.05) is 17.3 Å². The number of nitrogens with one attached hydrogen (secondary N) is 1. The monoisotopic (exact) mass is 271 g/mol. The third kappa shape index (κ3) is 2.25. The van der Waals surface area contributed by atoms with E-state index in [2.05, 4.69) is 10.4 Å². The molecule has 1 aromatic heterocycles. The molecule has 1 aliphatic heterocycles. The van der Waals surface area contributed by atoms with Gasteiger partial charge in [0.05, 0.1) is 17.5 Å². The van der Waals surface area contributed by atoms with Gasteiger partial charge in [0.25, 0.3) is 0 Å². The molecule has 1 aromatic carbocycles. The van der Waals surface area contributed by atoms with E-state index in [0.717, 1.165) is 42.0 Å². The third-order valence-electron chi connectivity index (χ3n) is 4.12. The van der Waals surface area contributed by atoms with E-state index in [0.29, 0.717) is 0 Å². The van der Waals surface area contributed by atoms with Crippen LogP contribution in [-0.2, 0) is 0 Å². The fourth-order valence-corrected chi connectivity index (χ4v) is 3.09. The number of hydrogen-bond donors (Lipinski definition) is 2. The van der Waals surface area contributed by atoms with Gasteiger partial charge in [-0.2, -0.15) is 5.10 Å². The molecule has 0 radical (unpaired) electrons. The fraction of sp³-hybridized carbons (Fsp3) is 0.438. The molecule has 2 atom stereocenters. The molecular formula is C16H21N3O. The smallest absolute Gasteiger partial charge is 0.0978 e. The van der Waals surface area contributed by atoms with Crippen LogP contribution in [0.25, 0.3) is 5.69 Å². The zero-order valence-corrected chi connectivity index (χ0v) is 12.0. The zero-order valence-electron chi connectivity index (χ0n) is 12.0. The highest BCUT2D eigenvalue weighted by Crippen LogP contribution is 2.29. The summed E-state index contributed by atoms with van der Waals surface area (Å²) in [5, 5.41) is 18.6. The van der Waals surface area contributed by atoms with Crippen LogP contribution in [0.3, 0.4) is 0 Å². The minimum atomic E-state index is -0.477. The normalized spacial score (nSPS) is 20.2. The molecule has 4 heteroatoms. The van der Waals surface area contributed by atoms with Gasteiger partial charge in [-0.15, -0.1) is 0 Å². The fourth-order valence-electron chi connectivity index (χ4n) is 3.09. The Morgan fingerprint density at radius 3 is 2.70 bits per heavy atom. The van der Waals surface area contributed by atoms with E-state index in [4.69, 9.17) is 0 Å². The molecule has 0 saturated carbocycles.